The second-order valence-corrected chi connectivity index (χ2v) is 8.96. The molecule has 0 aliphatic heterocycles. The summed E-state index contributed by atoms with van der Waals surface area (Å²) >= 11 is 1.10. The average molecular weight is 509 g/mol. The van der Waals surface area contributed by atoms with Crippen LogP contribution >= 0.6 is 11.8 Å². The highest BCUT2D eigenvalue weighted by atomic mass is 32.2. The van der Waals surface area contributed by atoms with E-state index in [1.807, 2.05) is 25.1 Å². The van der Waals surface area contributed by atoms with Crippen molar-refractivity contribution in [2.24, 2.45) is 0 Å². The van der Waals surface area contributed by atoms with Crippen LogP contribution in [0.2, 0.25) is 0 Å². The van der Waals surface area contributed by atoms with E-state index >= 15 is 0 Å². The van der Waals surface area contributed by atoms with Crippen molar-refractivity contribution in [2.45, 2.75) is 36.7 Å². The number of hydrogen-bond acceptors (Lipinski definition) is 7. The third kappa shape index (κ3) is 6.11. The lowest BCUT2D eigenvalue weighted by Gasteiger charge is -2.11. The highest BCUT2D eigenvalue weighted by molar-refractivity contribution is 7.99. The minimum atomic E-state index is -1.30. The van der Waals surface area contributed by atoms with E-state index in [1.54, 1.807) is 6.07 Å². The number of carboxylic acid groups (broad SMARTS) is 2. The first-order valence-corrected chi connectivity index (χ1v) is 11.7. The summed E-state index contributed by atoms with van der Waals surface area (Å²) in [6, 6.07) is 14.1. The molecular formula is C27H24O8S. The van der Waals surface area contributed by atoms with Crippen LogP contribution in [0.3, 0.4) is 0 Å². The molecule has 0 saturated heterocycles. The second-order valence-electron chi connectivity index (χ2n) is 7.81. The molecular weight excluding hydrogens is 484 g/mol. The standard InChI is InChI=1S/C27H24O8S/c1-4-17-6-5-16(11-15(17)2)14-35-27(33)21-10-8-18(12-22(21)25(30)31)36-19-7-9-20(24(28)29)23(13-19)26(32)34-3/h5-13H,4,14H2,1-3H3,(H,28,29)(H,30,31). The fourth-order valence-corrected chi connectivity index (χ4v) is 4.50. The zero-order valence-corrected chi connectivity index (χ0v) is 20.7. The summed E-state index contributed by atoms with van der Waals surface area (Å²) < 4.78 is 10.0. The van der Waals surface area contributed by atoms with Gasteiger partial charge < -0.3 is 19.7 Å². The summed E-state index contributed by atoms with van der Waals surface area (Å²) in [5.74, 6) is -4.15. The molecule has 0 spiro atoms. The number of ether oxygens (including phenoxy) is 2. The predicted molar refractivity (Wildman–Crippen MR) is 132 cm³/mol. The smallest absolute Gasteiger partial charge is 0.339 e. The van der Waals surface area contributed by atoms with E-state index in [0.29, 0.717) is 9.79 Å². The van der Waals surface area contributed by atoms with Gasteiger partial charge in [0, 0.05) is 9.79 Å². The molecule has 0 atom stereocenters. The van der Waals surface area contributed by atoms with E-state index in [-0.39, 0.29) is 28.9 Å². The van der Waals surface area contributed by atoms with Crippen molar-refractivity contribution in [3.05, 3.63) is 93.5 Å². The molecule has 0 amide bonds. The van der Waals surface area contributed by atoms with Crippen LogP contribution < -0.4 is 0 Å². The van der Waals surface area contributed by atoms with Gasteiger partial charge in [-0.15, -0.1) is 0 Å². The van der Waals surface area contributed by atoms with Crippen LogP contribution in [0.4, 0.5) is 0 Å². The molecule has 0 bridgehead atoms. The molecule has 3 aromatic carbocycles. The Morgan fingerprint density at radius 2 is 1.39 bits per heavy atom. The summed E-state index contributed by atoms with van der Waals surface area (Å²) in [5.41, 5.74) is 2.41. The minimum Gasteiger partial charge on any atom is -0.478 e. The molecule has 0 aliphatic rings. The molecule has 0 saturated carbocycles. The Labute approximate surface area is 211 Å². The van der Waals surface area contributed by atoms with Gasteiger partial charge in [-0.2, -0.15) is 0 Å². The van der Waals surface area contributed by atoms with Crippen LogP contribution in [0, 0.1) is 6.92 Å². The number of benzene rings is 3. The van der Waals surface area contributed by atoms with E-state index in [1.165, 1.54) is 35.9 Å². The van der Waals surface area contributed by atoms with Gasteiger partial charge in [0.1, 0.15) is 6.61 Å². The Bertz CT molecular complexity index is 1350. The maximum Gasteiger partial charge on any atom is 0.339 e. The topological polar surface area (TPSA) is 127 Å². The fourth-order valence-electron chi connectivity index (χ4n) is 3.60. The van der Waals surface area contributed by atoms with Crippen molar-refractivity contribution in [3.63, 3.8) is 0 Å². The van der Waals surface area contributed by atoms with Gasteiger partial charge in [0.15, 0.2) is 0 Å². The van der Waals surface area contributed by atoms with Crippen LogP contribution in [0.1, 0.15) is 65.0 Å². The Balaban J connectivity index is 1.82. The fraction of sp³-hybridized carbons (Fsp3) is 0.185. The van der Waals surface area contributed by atoms with Crippen molar-refractivity contribution in [3.8, 4) is 0 Å². The summed E-state index contributed by atoms with van der Waals surface area (Å²) in [6.07, 6.45) is 0.895. The van der Waals surface area contributed by atoms with E-state index in [4.69, 9.17) is 4.74 Å². The second kappa shape index (κ2) is 11.5. The van der Waals surface area contributed by atoms with Gasteiger partial charge in [-0.3, -0.25) is 0 Å². The molecule has 186 valence electrons. The quantitative estimate of drug-likeness (QED) is 0.373. The van der Waals surface area contributed by atoms with Gasteiger partial charge in [0.25, 0.3) is 0 Å². The van der Waals surface area contributed by atoms with Crippen molar-refractivity contribution >= 4 is 35.6 Å². The zero-order valence-electron chi connectivity index (χ0n) is 19.9. The number of hydrogen-bond donors (Lipinski definition) is 2. The number of rotatable bonds is 9. The van der Waals surface area contributed by atoms with Gasteiger partial charge in [0.05, 0.1) is 29.4 Å². The van der Waals surface area contributed by atoms with E-state index < -0.39 is 23.9 Å². The van der Waals surface area contributed by atoms with Crippen molar-refractivity contribution in [2.75, 3.05) is 7.11 Å². The first-order valence-electron chi connectivity index (χ1n) is 10.9. The number of esters is 2. The number of aryl methyl sites for hydroxylation is 2. The molecule has 9 heteroatoms. The lowest BCUT2D eigenvalue weighted by Crippen LogP contribution is -2.12. The van der Waals surface area contributed by atoms with Gasteiger partial charge in [0.2, 0.25) is 0 Å². The van der Waals surface area contributed by atoms with Crippen LogP contribution in [0.25, 0.3) is 0 Å². The third-order valence-electron chi connectivity index (χ3n) is 5.46. The Morgan fingerprint density at radius 3 is 1.94 bits per heavy atom. The number of aromatic carboxylic acids is 2. The lowest BCUT2D eigenvalue weighted by atomic mass is 10.0. The van der Waals surface area contributed by atoms with Gasteiger partial charge in [-0.05, 0) is 66.4 Å². The maximum atomic E-state index is 12.7. The predicted octanol–water partition coefficient (Wildman–Crippen LogP) is 5.25. The van der Waals surface area contributed by atoms with Crippen LogP contribution in [-0.2, 0) is 22.5 Å². The van der Waals surface area contributed by atoms with Gasteiger partial charge in [-0.1, -0.05) is 36.9 Å². The normalized spacial score (nSPS) is 10.5. The van der Waals surface area contributed by atoms with Crippen LogP contribution in [-0.4, -0.2) is 41.2 Å². The maximum absolute atomic E-state index is 12.7. The lowest BCUT2D eigenvalue weighted by molar-refractivity contribution is 0.0463. The molecule has 0 radical (unpaired) electrons. The Morgan fingerprint density at radius 1 is 0.778 bits per heavy atom. The van der Waals surface area contributed by atoms with Crippen molar-refractivity contribution in [1.29, 1.82) is 0 Å². The van der Waals surface area contributed by atoms with E-state index in [2.05, 4.69) is 11.7 Å². The number of carboxylic acids is 2. The minimum absolute atomic E-state index is 0.00542. The van der Waals surface area contributed by atoms with Gasteiger partial charge in [-0.25, -0.2) is 19.2 Å². The Hall–Kier alpha value is -4.11. The van der Waals surface area contributed by atoms with Crippen LogP contribution in [0.15, 0.2) is 64.4 Å². The van der Waals surface area contributed by atoms with E-state index in [9.17, 15) is 29.4 Å². The first-order chi connectivity index (χ1) is 17.1. The molecule has 8 nitrogen and oxygen atoms in total. The molecule has 0 heterocycles. The number of carbonyl (C=O) groups excluding carboxylic acids is 2. The summed E-state index contributed by atoms with van der Waals surface area (Å²) in [7, 11) is 1.14. The molecule has 0 aromatic heterocycles. The summed E-state index contributed by atoms with van der Waals surface area (Å²) in [4.78, 5) is 48.9. The number of methoxy groups -OCH3 is 1. The average Bonchev–Trinajstić information content (AvgIpc) is 2.86. The molecule has 0 aliphatic carbocycles. The third-order valence-corrected chi connectivity index (χ3v) is 6.44. The van der Waals surface area contributed by atoms with Crippen LogP contribution in [0.5, 0.6) is 0 Å². The molecule has 3 rings (SSSR count). The molecule has 0 unspecified atom stereocenters. The molecule has 2 N–H and O–H groups in total. The molecule has 36 heavy (non-hydrogen) atoms. The summed E-state index contributed by atoms with van der Waals surface area (Å²) in [5, 5.41) is 19.0. The highest BCUT2D eigenvalue weighted by Gasteiger charge is 2.21. The number of carbonyl (C=O) groups is 4. The largest absolute Gasteiger partial charge is 0.478 e. The van der Waals surface area contributed by atoms with Crippen molar-refractivity contribution in [1.82, 2.24) is 0 Å². The highest BCUT2D eigenvalue weighted by Crippen LogP contribution is 2.31. The zero-order chi connectivity index (χ0) is 26.4. The van der Waals surface area contributed by atoms with Crippen molar-refractivity contribution < 1.29 is 38.9 Å². The Kier molecular flexibility index (Phi) is 8.50. The monoisotopic (exact) mass is 508 g/mol. The first kappa shape index (κ1) is 26.5. The molecule has 0 fully saturated rings. The van der Waals surface area contributed by atoms with Gasteiger partial charge >= 0.3 is 23.9 Å². The summed E-state index contributed by atoms with van der Waals surface area (Å²) in [6.45, 7) is 4.04. The molecule has 3 aromatic rings. The SMILES string of the molecule is CCc1ccc(COC(=O)c2ccc(Sc3ccc(C(=O)O)c(C(=O)OC)c3)cc2C(=O)O)cc1C. The van der Waals surface area contributed by atoms with E-state index in [0.717, 1.165) is 36.4 Å².